The maximum absolute atomic E-state index is 11.9. The smallest absolute Gasteiger partial charge is 0.276 e. The summed E-state index contributed by atoms with van der Waals surface area (Å²) in [4.78, 5) is 36.0. The zero-order valence-corrected chi connectivity index (χ0v) is 11.6. The van der Waals surface area contributed by atoms with Crippen molar-refractivity contribution < 1.29 is 9.59 Å². The fourth-order valence-electron chi connectivity index (χ4n) is 1.62. The van der Waals surface area contributed by atoms with Gasteiger partial charge >= 0.3 is 0 Å². The molecule has 7 heteroatoms. The third-order valence-electron chi connectivity index (χ3n) is 2.71. The van der Waals surface area contributed by atoms with Crippen LogP contribution in [0, 0.1) is 0 Å². The molecule has 0 fully saturated rings. The molecule has 1 aromatic carbocycles. The van der Waals surface area contributed by atoms with Crippen LogP contribution < -0.4 is 10.9 Å². The number of nitrogens with one attached hydrogen (secondary N) is 2. The van der Waals surface area contributed by atoms with Crippen LogP contribution in [0.3, 0.4) is 0 Å². The summed E-state index contributed by atoms with van der Waals surface area (Å²) in [7, 11) is 3.33. The second kappa shape index (κ2) is 6.00. The van der Waals surface area contributed by atoms with Gasteiger partial charge in [-0.2, -0.15) is 5.10 Å². The van der Waals surface area contributed by atoms with Crippen molar-refractivity contribution in [1.29, 1.82) is 0 Å². The van der Waals surface area contributed by atoms with E-state index in [2.05, 4.69) is 15.5 Å². The first kappa shape index (κ1) is 14.4. The highest BCUT2D eigenvalue weighted by molar-refractivity contribution is 6.03. The van der Waals surface area contributed by atoms with Crippen LogP contribution in [0.4, 0.5) is 5.69 Å². The molecule has 0 radical (unpaired) electrons. The fraction of sp³-hybridized carbons (Fsp3) is 0.143. The van der Waals surface area contributed by atoms with Crippen molar-refractivity contribution in [3.8, 4) is 0 Å². The van der Waals surface area contributed by atoms with Gasteiger partial charge in [0.1, 0.15) is 5.69 Å². The number of hydrogen-bond donors (Lipinski definition) is 2. The van der Waals surface area contributed by atoms with Gasteiger partial charge < -0.3 is 10.2 Å². The summed E-state index contributed by atoms with van der Waals surface area (Å²) in [5.41, 5.74) is 0.782. The lowest BCUT2D eigenvalue weighted by molar-refractivity contribution is 0.0827. The second-order valence-corrected chi connectivity index (χ2v) is 4.54. The molecule has 2 rings (SSSR count). The van der Waals surface area contributed by atoms with Crippen molar-refractivity contribution >= 4 is 17.5 Å². The SMILES string of the molecule is CN(C)C(=O)c1ccc(NC(=O)c2ccc(=O)[nH]n2)cc1. The predicted octanol–water partition coefficient (Wildman–Crippen LogP) is 0.724. The molecule has 0 aliphatic carbocycles. The van der Waals surface area contributed by atoms with Gasteiger partial charge in [-0.1, -0.05) is 0 Å². The first-order valence-electron chi connectivity index (χ1n) is 6.16. The lowest BCUT2D eigenvalue weighted by atomic mass is 10.2. The van der Waals surface area contributed by atoms with Gasteiger partial charge in [0, 0.05) is 31.4 Å². The third-order valence-corrected chi connectivity index (χ3v) is 2.71. The summed E-state index contributed by atoms with van der Waals surface area (Å²) in [5.74, 6) is -0.562. The summed E-state index contributed by atoms with van der Waals surface area (Å²) in [5, 5.41) is 8.44. The van der Waals surface area contributed by atoms with E-state index in [0.717, 1.165) is 0 Å². The standard InChI is InChI=1S/C14H14N4O3/c1-18(2)14(21)9-3-5-10(6-4-9)15-13(20)11-7-8-12(19)17-16-11/h3-8H,1-2H3,(H,15,20)(H,17,19). The normalized spacial score (nSPS) is 10.0. The molecule has 0 saturated carbocycles. The van der Waals surface area contributed by atoms with E-state index >= 15 is 0 Å². The molecule has 2 aromatic rings. The summed E-state index contributed by atoms with van der Waals surface area (Å²) < 4.78 is 0. The van der Waals surface area contributed by atoms with Gasteiger partial charge in [0.2, 0.25) is 0 Å². The van der Waals surface area contributed by atoms with Crippen LogP contribution >= 0.6 is 0 Å². The highest BCUT2D eigenvalue weighted by Crippen LogP contribution is 2.11. The number of aromatic amines is 1. The Morgan fingerprint density at radius 1 is 1.10 bits per heavy atom. The van der Waals surface area contributed by atoms with Crippen LogP contribution in [-0.4, -0.2) is 41.0 Å². The highest BCUT2D eigenvalue weighted by Gasteiger charge is 2.10. The molecule has 0 unspecified atom stereocenters. The molecule has 21 heavy (non-hydrogen) atoms. The van der Waals surface area contributed by atoms with E-state index in [0.29, 0.717) is 11.3 Å². The fourth-order valence-corrected chi connectivity index (χ4v) is 1.62. The Hall–Kier alpha value is -2.96. The maximum Gasteiger partial charge on any atom is 0.276 e. The van der Waals surface area contributed by atoms with Crippen molar-refractivity contribution in [2.24, 2.45) is 0 Å². The lowest BCUT2D eigenvalue weighted by Gasteiger charge is -2.10. The van der Waals surface area contributed by atoms with E-state index in [1.807, 2.05) is 0 Å². The van der Waals surface area contributed by atoms with Crippen molar-refractivity contribution in [3.05, 3.63) is 58.0 Å². The minimum atomic E-state index is -0.446. The largest absolute Gasteiger partial charge is 0.345 e. The number of amides is 2. The van der Waals surface area contributed by atoms with E-state index < -0.39 is 5.91 Å². The van der Waals surface area contributed by atoms with Gasteiger partial charge in [-0.25, -0.2) is 5.10 Å². The minimum Gasteiger partial charge on any atom is -0.345 e. The minimum absolute atomic E-state index is 0.100. The summed E-state index contributed by atoms with van der Waals surface area (Å²) in [6, 6.07) is 9.05. The molecule has 0 aliphatic heterocycles. The van der Waals surface area contributed by atoms with E-state index in [9.17, 15) is 14.4 Å². The second-order valence-electron chi connectivity index (χ2n) is 4.54. The molecule has 108 valence electrons. The van der Waals surface area contributed by atoms with Gasteiger partial charge in [0.15, 0.2) is 0 Å². The Balaban J connectivity index is 2.10. The Labute approximate surface area is 120 Å². The number of anilines is 1. The van der Waals surface area contributed by atoms with E-state index in [4.69, 9.17) is 0 Å². The average Bonchev–Trinajstić information content (AvgIpc) is 2.47. The molecular formula is C14H14N4O3. The molecule has 0 bridgehead atoms. The first-order chi connectivity index (χ1) is 9.97. The Kier molecular flexibility index (Phi) is 4.13. The summed E-state index contributed by atoms with van der Waals surface area (Å²) in [6.07, 6.45) is 0. The van der Waals surface area contributed by atoms with E-state index in [-0.39, 0.29) is 17.2 Å². The predicted molar refractivity (Wildman–Crippen MR) is 77.3 cm³/mol. The topological polar surface area (TPSA) is 95.2 Å². The molecule has 0 atom stereocenters. The Morgan fingerprint density at radius 2 is 1.76 bits per heavy atom. The molecule has 0 aliphatic rings. The van der Waals surface area contributed by atoms with Gasteiger partial charge in [-0.3, -0.25) is 14.4 Å². The average molecular weight is 286 g/mol. The number of carbonyl (C=O) groups is 2. The number of aromatic nitrogens is 2. The van der Waals surface area contributed by atoms with Crippen LogP contribution in [0.1, 0.15) is 20.8 Å². The van der Waals surface area contributed by atoms with Crippen LogP contribution in [0.5, 0.6) is 0 Å². The van der Waals surface area contributed by atoms with Crippen LogP contribution in [0.25, 0.3) is 0 Å². The number of carbonyl (C=O) groups excluding carboxylic acids is 2. The molecule has 1 heterocycles. The lowest BCUT2D eigenvalue weighted by Crippen LogP contribution is -2.21. The molecule has 7 nitrogen and oxygen atoms in total. The van der Waals surface area contributed by atoms with E-state index in [1.165, 1.54) is 17.0 Å². The molecule has 2 N–H and O–H groups in total. The third kappa shape index (κ3) is 3.53. The van der Waals surface area contributed by atoms with E-state index in [1.54, 1.807) is 38.4 Å². The summed E-state index contributed by atoms with van der Waals surface area (Å²) in [6.45, 7) is 0. The van der Waals surface area contributed by atoms with Gasteiger partial charge in [-0.15, -0.1) is 0 Å². The van der Waals surface area contributed by atoms with Gasteiger partial charge in [-0.05, 0) is 30.3 Å². The molecule has 1 aromatic heterocycles. The van der Waals surface area contributed by atoms with Crippen molar-refractivity contribution in [2.75, 3.05) is 19.4 Å². The number of hydrogen-bond acceptors (Lipinski definition) is 4. The molecular weight excluding hydrogens is 272 g/mol. The van der Waals surface area contributed by atoms with Crippen molar-refractivity contribution in [2.45, 2.75) is 0 Å². The van der Waals surface area contributed by atoms with Crippen molar-refractivity contribution in [1.82, 2.24) is 15.1 Å². The quantitative estimate of drug-likeness (QED) is 0.869. The summed E-state index contributed by atoms with van der Waals surface area (Å²) >= 11 is 0. The Morgan fingerprint density at radius 3 is 2.29 bits per heavy atom. The first-order valence-corrected chi connectivity index (χ1v) is 6.16. The Bertz CT molecular complexity index is 699. The zero-order chi connectivity index (χ0) is 15.4. The molecule has 0 spiro atoms. The van der Waals surface area contributed by atoms with Gasteiger partial charge in [0.05, 0.1) is 0 Å². The van der Waals surface area contributed by atoms with Crippen LogP contribution in [-0.2, 0) is 0 Å². The van der Waals surface area contributed by atoms with Crippen LogP contribution in [0.15, 0.2) is 41.2 Å². The highest BCUT2D eigenvalue weighted by atomic mass is 16.2. The maximum atomic E-state index is 11.9. The zero-order valence-electron chi connectivity index (χ0n) is 11.6. The number of benzene rings is 1. The van der Waals surface area contributed by atoms with Crippen molar-refractivity contribution in [3.63, 3.8) is 0 Å². The molecule has 0 saturated heterocycles. The van der Waals surface area contributed by atoms with Gasteiger partial charge in [0.25, 0.3) is 17.4 Å². The number of rotatable bonds is 3. The monoisotopic (exact) mass is 286 g/mol. The van der Waals surface area contributed by atoms with Crippen LogP contribution in [0.2, 0.25) is 0 Å². The number of nitrogens with zero attached hydrogens (tertiary/aromatic N) is 2. The molecule has 2 amide bonds. The number of H-pyrrole nitrogens is 1.